The lowest BCUT2D eigenvalue weighted by atomic mass is 10.4. The van der Waals surface area contributed by atoms with Gasteiger partial charge in [0.15, 0.2) is 5.82 Å². The van der Waals surface area contributed by atoms with Crippen molar-refractivity contribution in [2.24, 2.45) is 10.8 Å². The van der Waals surface area contributed by atoms with E-state index in [1.807, 2.05) is 19.9 Å². The molecule has 0 bridgehead atoms. The van der Waals surface area contributed by atoms with Gasteiger partial charge in [-0.15, -0.1) is 0 Å². The molecule has 1 heterocycles. The molecule has 0 aliphatic heterocycles. The number of nitrogens with one attached hydrogen (secondary N) is 1. The van der Waals surface area contributed by atoms with Gasteiger partial charge in [-0.3, -0.25) is 0 Å². The van der Waals surface area contributed by atoms with Crippen LogP contribution in [0.3, 0.4) is 0 Å². The highest BCUT2D eigenvalue weighted by molar-refractivity contribution is 5.83. The zero-order valence-corrected chi connectivity index (χ0v) is 10.3. The summed E-state index contributed by atoms with van der Waals surface area (Å²) in [6.45, 7) is 8.89. The molecule has 0 saturated heterocycles. The van der Waals surface area contributed by atoms with E-state index in [0.29, 0.717) is 13.1 Å². The number of nitrogens with two attached hydrogens (primary N) is 1. The number of aromatic nitrogens is 2. The summed E-state index contributed by atoms with van der Waals surface area (Å²) >= 11 is 0. The van der Waals surface area contributed by atoms with Crippen molar-refractivity contribution in [1.29, 1.82) is 0 Å². The van der Waals surface area contributed by atoms with E-state index in [9.17, 15) is 0 Å². The fourth-order valence-corrected chi connectivity index (χ4v) is 1.25. The molecule has 3 N–H and O–H groups in total. The van der Waals surface area contributed by atoms with Crippen LogP contribution in [0.4, 0.5) is 0 Å². The lowest BCUT2D eigenvalue weighted by Crippen LogP contribution is -2.26. The molecule has 92 valence electrons. The molecule has 0 radical (unpaired) electrons. The van der Waals surface area contributed by atoms with Crippen LogP contribution in [0.1, 0.15) is 19.7 Å². The molecule has 0 spiro atoms. The summed E-state index contributed by atoms with van der Waals surface area (Å²) in [5.74, 6) is 0.734. The number of hydrogen-bond donors (Lipinski definition) is 2. The number of imidazole rings is 1. The average Bonchev–Trinajstić information content (AvgIpc) is 2.76. The molecule has 0 saturated carbocycles. The zero-order chi connectivity index (χ0) is 12.7. The highest BCUT2D eigenvalue weighted by Crippen LogP contribution is 1.98. The largest absolute Gasteiger partial charge is 0.401 e. The number of allylic oxidation sites excluding steroid dienone is 1. The van der Waals surface area contributed by atoms with Gasteiger partial charge in [0.25, 0.3) is 0 Å². The van der Waals surface area contributed by atoms with Crippen LogP contribution in [0.5, 0.6) is 0 Å². The van der Waals surface area contributed by atoms with Gasteiger partial charge in [0.05, 0.1) is 0 Å². The smallest absolute Gasteiger partial charge is 0.152 e. The Bertz CT molecular complexity index is 428. The minimum Gasteiger partial charge on any atom is -0.401 e. The quantitative estimate of drug-likeness (QED) is 0.725. The second-order valence-corrected chi connectivity index (χ2v) is 3.64. The van der Waals surface area contributed by atoms with Crippen LogP contribution in [-0.4, -0.2) is 28.5 Å². The van der Waals surface area contributed by atoms with Crippen LogP contribution in [-0.2, 0) is 0 Å². The molecule has 0 aliphatic carbocycles. The van der Waals surface area contributed by atoms with Gasteiger partial charge in [0, 0.05) is 36.9 Å². The second-order valence-electron chi connectivity index (χ2n) is 3.64. The Hall–Kier alpha value is -1.88. The molecular weight excluding hydrogens is 214 g/mol. The van der Waals surface area contributed by atoms with E-state index in [2.05, 4.69) is 22.0 Å². The molecule has 1 aromatic heterocycles. The molecule has 0 fully saturated rings. The second kappa shape index (κ2) is 6.65. The molecule has 0 aromatic carbocycles. The normalized spacial score (nSPS) is 12.8. The molecule has 0 aliphatic rings. The van der Waals surface area contributed by atoms with Gasteiger partial charge in [0.2, 0.25) is 0 Å². The standard InChI is InChI=1S/C12H19N5/c1-4-11(13)9-14-8-10(3)16-17-7-6-15-12(17)5-2/h4-7,14H,2,8-9,13H2,1,3H3/b11-4+,16-10+. The first-order chi connectivity index (χ1) is 8.17. The van der Waals surface area contributed by atoms with Crippen molar-refractivity contribution in [3.05, 3.63) is 36.6 Å². The van der Waals surface area contributed by atoms with E-state index in [0.717, 1.165) is 17.2 Å². The van der Waals surface area contributed by atoms with Gasteiger partial charge >= 0.3 is 0 Å². The maximum atomic E-state index is 5.67. The van der Waals surface area contributed by atoms with Crippen molar-refractivity contribution >= 4 is 11.8 Å². The first kappa shape index (κ1) is 13.2. The van der Waals surface area contributed by atoms with Crippen molar-refractivity contribution in [3.8, 4) is 0 Å². The highest BCUT2D eigenvalue weighted by Gasteiger charge is 1.97. The van der Waals surface area contributed by atoms with E-state index in [-0.39, 0.29) is 0 Å². The van der Waals surface area contributed by atoms with E-state index >= 15 is 0 Å². The minimum absolute atomic E-state index is 0.668. The minimum atomic E-state index is 0.668. The lowest BCUT2D eigenvalue weighted by Gasteiger charge is -2.05. The first-order valence-corrected chi connectivity index (χ1v) is 5.49. The maximum absolute atomic E-state index is 5.67. The third kappa shape index (κ3) is 4.24. The van der Waals surface area contributed by atoms with Crippen molar-refractivity contribution in [1.82, 2.24) is 15.0 Å². The Morgan fingerprint density at radius 3 is 3.06 bits per heavy atom. The Kier molecular flexibility index (Phi) is 5.16. The summed E-state index contributed by atoms with van der Waals surface area (Å²) in [5, 5.41) is 7.59. The average molecular weight is 233 g/mol. The summed E-state index contributed by atoms with van der Waals surface area (Å²) in [6.07, 6.45) is 7.03. The Balaban J connectivity index is 2.52. The summed E-state index contributed by atoms with van der Waals surface area (Å²) in [4.78, 5) is 4.10. The number of nitrogens with zero attached hydrogens (tertiary/aromatic N) is 3. The number of rotatable bonds is 6. The van der Waals surface area contributed by atoms with Crippen LogP contribution in [0.15, 0.2) is 35.8 Å². The van der Waals surface area contributed by atoms with Gasteiger partial charge < -0.3 is 11.1 Å². The SMILES string of the molecule is C=Cc1nccn1/N=C(\C)CNC/C(N)=C\C. The summed E-state index contributed by atoms with van der Waals surface area (Å²) in [6, 6.07) is 0. The van der Waals surface area contributed by atoms with Crippen molar-refractivity contribution in [2.75, 3.05) is 13.1 Å². The van der Waals surface area contributed by atoms with Crippen LogP contribution < -0.4 is 11.1 Å². The third-order valence-electron chi connectivity index (χ3n) is 2.19. The molecular formula is C12H19N5. The fourth-order valence-electron chi connectivity index (χ4n) is 1.25. The topological polar surface area (TPSA) is 68.2 Å². The summed E-state index contributed by atoms with van der Waals surface area (Å²) in [7, 11) is 0. The van der Waals surface area contributed by atoms with Crippen LogP contribution in [0.2, 0.25) is 0 Å². The molecule has 0 unspecified atom stereocenters. The molecule has 1 rings (SSSR count). The molecule has 0 amide bonds. The molecule has 17 heavy (non-hydrogen) atoms. The predicted molar refractivity (Wildman–Crippen MR) is 71.6 cm³/mol. The van der Waals surface area contributed by atoms with Gasteiger partial charge in [-0.1, -0.05) is 12.7 Å². The predicted octanol–water partition coefficient (Wildman–Crippen LogP) is 1.20. The van der Waals surface area contributed by atoms with E-state index < -0.39 is 0 Å². The Morgan fingerprint density at radius 1 is 1.65 bits per heavy atom. The maximum Gasteiger partial charge on any atom is 0.152 e. The van der Waals surface area contributed by atoms with Crippen LogP contribution >= 0.6 is 0 Å². The van der Waals surface area contributed by atoms with Crippen molar-refractivity contribution < 1.29 is 0 Å². The van der Waals surface area contributed by atoms with E-state index in [1.54, 1.807) is 23.1 Å². The molecule has 5 heteroatoms. The highest BCUT2D eigenvalue weighted by atomic mass is 15.4. The fraction of sp³-hybridized carbons (Fsp3) is 0.333. The first-order valence-electron chi connectivity index (χ1n) is 5.49. The van der Waals surface area contributed by atoms with E-state index in [4.69, 9.17) is 5.73 Å². The van der Waals surface area contributed by atoms with Crippen molar-refractivity contribution in [2.45, 2.75) is 13.8 Å². The lowest BCUT2D eigenvalue weighted by molar-refractivity contribution is 0.799. The van der Waals surface area contributed by atoms with Crippen molar-refractivity contribution in [3.63, 3.8) is 0 Å². The van der Waals surface area contributed by atoms with Crippen LogP contribution in [0.25, 0.3) is 6.08 Å². The monoisotopic (exact) mass is 233 g/mol. The molecule has 1 aromatic rings. The van der Waals surface area contributed by atoms with Gasteiger partial charge in [-0.2, -0.15) is 5.10 Å². The summed E-state index contributed by atoms with van der Waals surface area (Å²) in [5.41, 5.74) is 7.45. The zero-order valence-electron chi connectivity index (χ0n) is 10.3. The third-order valence-corrected chi connectivity index (χ3v) is 2.19. The van der Waals surface area contributed by atoms with Gasteiger partial charge in [0.1, 0.15) is 0 Å². The Labute approximate surface area is 102 Å². The Morgan fingerprint density at radius 2 is 2.41 bits per heavy atom. The van der Waals surface area contributed by atoms with Crippen LogP contribution in [0, 0.1) is 0 Å². The number of hydrogen-bond acceptors (Lipinski definition) is 4. The van der Waals surface area contributed by atoms with Gasteiger partial charge in [-0.05, 0) is 19.9 Å². The molecule has 0 atom stereocenters. The summed E-state index contributed by atoms with van der Waals surface area (Å²) < 4.78 is 1.70. The molecule has 5 nitrogen and oxygen atoms in total. The van der Waals surface area contributed by atoms with Gasteiger partial charge in [-0.25, -0.2) is 9.66 Å². The van der Waals surface area contributed by atoms with E-state index in [1.165, 1.54) is 0 Å².